The molecule has 3 heteroatoms. The van der Waals surface area contributed by atoms with Crippen LogP contribution in [0.4, 0.5) is 5.69 Å². The number of benzene rings is 1. The highest BCUT2D eigenvalue weighted by Gasteiger charge is 2.29. The molecule has 3 nitrogen and oxygen atoms in total. The van der Waals surface area contributed by atoms with Crippen molar-refractivity contribution in [1.29, 1.82) is 0 Å². The lowest BCUT2D eigenvalue weighted by atomic mass is 9.82. The number of hydrogen-bond donors (Lipinski definition) is 1. The van der Waals surface area contributed by atoms with Crippen molar-refractivity contribution in [3.63, 3.8) is 0 Å². The normalized spacial score (nSPS) is 22.3. The fourth-order valence-corrected chi connectivity index (χ4v) is 3.12. The molecule has 0 aliphatic heterocycles. The Kier molecular flexibility index (Phi) is 5.27. The third-order valence-corrected chi connectivity index (χ3v) is 4.67. The van der Waals surface area contributed by atoms with Gasteiger partial charge in [-0.25, -0.2) is 0 Å². The van der Waals surface area contributed by atoms with E-state index < -0.39 is 0 Å². The predicted octanol–water partition coefficient (Wildman–Crippen LogP) is 3.83. The molecule has 1 aromatic carbocycles. The van der Waals surface area contributed by atoms with Crippen molar-refractivity contribution in [2.24, 2.45) is 11.8 Å². The van der Waals surface area contributed by atoms with Crippen LogP contribution >= 0.6 is 0 Å². The molecule has 0 aromatic heterocycles. The minimum atomic E-state index is 0.202. The summed E-state index contributed by atoms with van der Waals surface area (Å²) >= 11 is 0. The number of rotatable bonds is 4. The quantitative estimate of drug-likeness (QED) is 0.856. The second-order valence-electron chi connectivity index (χ2n) is 6.72. The summed E-state index contributed by atoms with van der Waals surface area (Å²) in [6, 6.07) is 8.04. The summed E-state index contributed by atoms with van der Waals surface area (Å²) in [7, 11) is 0. The highest BCUT2D eigenvalue weighted by atomic mass is 16.2. The summed E-state index contributed by atoms with van der Waals surface area (Å²) in [5.41, 5.74) is 7.84. The summed E-state index contributed by atoms with van der Waals surface area (Å²) in [6.45, 7) is 7.08. The highest BCUT2D eigenvalue weighted by Crippen LogP contribution is 2.30. The van der Waals surface area contributed by atoms with Crippen LogP contribution in [0.15, 0.2) is 24.3 Å². The minimum absolute atomic E-state index is 0.202. The van der Waals surface area contributed by atoms with Crippen molar-refractivity contribution >= 4 is 11.6 Å². The molecule has 1 amide bonds. The van der Waals surface area contributed by atoms with Gasteiger partial charge in [0.15, 0.2) is 0 Å². The van der Waals surface area contributed by atoms with Crippen molar-refractivity contribution in [2.75, 3.05) is 5.73 Å². The number of amides is 1. The zero-order valence-electron chi connectivity index (χ0n) is 13.5. The summed E-state index contributed by atoms with van der Waals surface area (Å²) in [4.78, 5) is 14.8. The Morgan fingerprint density at radius 1 is 1.24 bits per heavy atom. The molecule has 1 aliphatic rings. The van der Waals surface area contributed by atoms with Gasteiger partial charge in [-0.3, -0.25) is 4.79 Å². The van der Waals surface area contributed by atoms with E-state index in [1.54, 1.807) is 0 Å². The number of nitrogen functional groups attached to an aromatic ring is 1. The standard InChI is InChI=1S/C18H28N2O/c1-13(2)20(12-16-6-4-5-7-17(16)19)18(21)15-10-8-14(3)9-11-15/h4-7,13-15H,8-12,19H2,1-3H3. The van der Waals surface area contributed by atoms with Gasteiger partial charge in [0.2, 0.25) is 5.91 Å². The van der Waals surface area contributed by atoms with Crippen LogP contribution < -0.4 is 5.73 Å². The first kappa shape index (κ1) is 15.9. The lowest BCUT2D eigenvalue weighted by Gasteiger charge is -2.34. The monoisotopic (exact) mass is 288 g/mol. The van der Waals surface area contributed by atoms with Gasteiger partial charge in [0, 0.05) is 24.2 Å². The van der Waals surface area contributed by atoms with Crippen molar-refractivity contribution in [3.8, 4) is 0 Å². The van der Waals surface area contributed by atoms with E-state index in [2.05, 4.69) is 20.8 Å². The number of nitrogens with zero attached hydrogens (tertiary/aromatic N) is 1. The molecular weight excluding hydrogens is 260 g/mol. The molecule has 0 heterocycles. The van der Waals surface area contributed by atoms with Gasteiger partial charge in [-0.05, 0) is 57.1 Å². The SMILES string of the molecule is CC1CCC(C(=O)N(Cc2ccccc2N)C(C)C)CC1. The molecule has 21 heavy (non-hydrogen) atoms. The minimum Gasteiger partial charge on any atom is -0.398 e. The molecule has 0 radical (unpaired) electrons. The van der Waals surface area contributed by atoms with Crippen LogP contribution in [0.2, 0.25) is 0 Å². The molecule has 1 saturated carbocycles. The lowest BCUT2D eigenvalue weighted by molar-refractivity contribution is -0.139. The highest BCUT2D eigenvalue weighted by molar-refractivity contribution is 5.79. The van der Waals surface area contributed by atoms with Crippen LogP contribution in [0, 0.1) is 11.8 Å². The molecule has 0 saturated heterocycles. The maximum absolute atomic E-state index is 12.8. The van der Waals surface area contributed by atoms with E-state index in [-0.39, 0.29) is 12.0 Å². The molecule has 0 spiro atoms. The molecule has 1 aliphatic carbocycles. The number of nitrogens with two attached hydrogens (primary N) is 1. The fourth-order valence-electron chi connectivity index (χ4n) is 3.12. The van der Waals surface area contributed by atoms with E-state index in [1.165, 1.54) is 12.8 Å². The summed E-state index contributed by atoms with van der Waals surface area (Å²) in [5.74, 6) is 1.28. The second-order valence-corrected chi connectivity index (χ2v) is 6.72. The van der Waals surface area contributed by atoms with Gasteiger partial charge >= 0.3 is 0 Å². The van der Waals surface area contributed by atoms with Crippen LogP contribution in [0.25, 0.3) is 0 Å². The molecule has 0 atom stereocenters. The molecule has 0 unspecified atom stereocenters. The Morgan fingerprint density at radius 2 is 1.86 bits per heavy atom. The summed E-state index contributed by atoms with van der Waals surface area (Å²) in [5, 5.41) is 0. The largest absolute Gasteiger partial charge is 0.398 e. The zero-order chi connectivity index (χ0) is 15.4. The Morgan fingerprint density at radius 3 is 2.43 bits per heavy atom. The van der Waals surface area contributed by atoms with Crippen LogP contribution in [-0.2, 0) is 11.3 Å². The zero-order valence-corrected chi connectivity index (χ0v) is 13.5. The first-order valence-corrected chi connectivity index (χ1v) is 8.13. The van der Waals surface area contributed by atoms with Crippen molar-refractivity contribution < 1.29 is 4.79 Å². The molecule has 2 N–H and O–H groups in total. The van der Waals surface area contributed by atoms with Crippen LogP contribution in [-0.4, -0.2) is 16.8 Å². The van der Waals surface area contributed by atoms with Gasteiger partial charge in [0.25, 0.3) is 0 Å². The third kappa shape index (κ3) is 3.99. The lowest BCUT2D eigenvalue weighted by Crippen LogP contribution is -2.41. The van der Waals surface area contributed by atoms with Gasteiger partial charge in [-0.15, -0.1) is 0 Å². The number of carbonyl (C=O) groups is 1. The number of hydrogen-bond acceptors (Lipinski definition) is 2. The third-order valence-electron chi connectivity index (χ3n) is 4.67. The number of anilines is 1. The van der Waals surface area contributed by atoms with Gasteiger partial charge in [0.05, 0.1) is 0 Å². The Labute approximate surface area is 128 Å². The van der Waals surface area contributed by atoms with Gasteiger partial charge < -0.3 is 10.6 Å². The van der Waals surface area contributed by atoms with E-state index >= 15 is 0 Å². The van der Waals surface area contributed by atoms with Crippen molar-refractivity contribution in [1.82, 2.24) is 4.90 Å². The van der Waals surface area contributed by atoms with E-state index in [0.717, 1.165) is 30.0 Å². The molecular formula is C18H28N2O. The van der Waals surface area contributed by atoms with Gasteiger partial charge in [-0.2, -0.15) is 0 Å². The van der Waals surface area contributed by atoms with Crippen molar-refractivity contribution in [2.45, 2.75) is 59.0 Å². The van der Waals surface area contributed by atoms with Crippen LogP contribution in [0.5, 0.6) is 0 Å². The van der Waals surface area contributed by atoms with E-state index in [0.29, 0.717) is 12.5 Å². The Hall–Kier alpha value is -1.51. The van der Waals surface area contributed by atoms with Crippen LogP contribution in [0.3, 0.4) is 0 Å². The van der Waals surface area contributed by atoms with E-state index in [1.807, 2.05) is 29.2 Å². The Bertz CT molecular complexity index is 476. The average Bonchev–Trinajstić information content (AvgIpc) is 2.46. The van der Waals surface area contributed by atoms with Crippen LogP contribution in [0.1, 0.15) is 52.0 Å². The average molecular weight is 288 g/mol. The summed E-state index contributed by atoms with van der Waals surface area (Å²) in [6.07, 6.45) is 4.42. The van der Waals surface area contributed by atoms with Crippen molar-refractivity contribution in [3.05, 3.63) is 29.8 Å². The molecule has 1 fully saturated rings. The first-order chi connectivity index (χ1) is 9.99. The molecule has 1 aromatic rings. The summed E-state index contributed by atoms with van der Waals surface area (Å²) < 4.78 is 0. The second kappa shape index (κ2) is 6.97. The smallest absolute Gasteiger partial charge is 0.226 e. The van der Waals surface area contributed by atoms with Gasteiger partial charge in [0.1, 0.15) is 0 Å². The number of carbonyl (C=O) groups excluding carboxylic acids is 1. The predicted molar refractivity (Wildman–Crippen MR) is 87.7 cm³/mol. The Balaban J connectivity index is 2.08. The van der Waals surface area contributed by atoms with E-state index in [9.17, 15) is 4.79 Å². The maximum atomic E-state index is 12.8. The fraction of sp³-hybridized carbons (Fsp3) is 0.611. The first-order valence-electron chi connectivity index (χ1n) is 8.13. The molecule has 2 rings (SSSR count). The van der Waals surface area contributed by atoms with Gasteiger partial charge in [-0.1, -0.05) is 25.1 Å². The topological polar surface area (TPSA) is 46.3 Å². The molecule has 116 valence electrons. The molecule has 0 bridgehead atoms. The maximum Gasteiger partial charge on any atom is 0.226 e. The van der Waals surface area contributed by atoms with E-state index in [4.69, 9.17) is 5.73 Å². The number of para-hydroxylation sites is 1.